The molecule has 0 aliphatic carbocycles. The van der Waals surface area contributed by atoms with Gasteiger partial charge in [0, 0.05) is 17.0 Å². The van der Waals surface area contributed by atoms with Crippen LogP contribution in [0.5, 0.6) is 11.5 Å². The van der Waals surface area contributed by atoms with Gasteiger partial charge in [0.05, 0.1) is 59.1 Å². The Morgan fingerprint density at radius 2 is 1.64 bits per heavy atom. The van der Waals surface area contributed by atoms with E-state index in [4.69, 9.17) is 53.8 Å². The number of aromatic amines is 1. The molecule has 0 spiro atoms. The van der Waals surface area contributed by atoms with Gasteiger partial charge >= 0.3 is 20.9 Å². The smallest absolute Gasteiger partial charge is 0.497 e. The fourth-order valence-electron chi connectivity index (χ4n) is 7.95. The van der Waals surface area contributed by atoms with Gasteiger partial charge in [0.25, 0.3) is 5.56 Å². The van der Waals surface area contributed by atoms with Crippen LogP contribution in [0.3, 0.4) is 0 Å². The Morgan fingerprint density at radius 3 is 2.27 bits per heavy atom. The highest BCUT2D eigenvalue weighted by Gasteiger charge is 2.64. The van der Waals surface area contributed by atoms with Crippen LogP contribution in [0.25, 0.3) is 22.3 Å². The minimum absolute atomic E-state index is 0.0178. The number of nitrogens with zero attached hydrogens (tertiary/aromatic N) is 8. The second kappa shape index (κ2) is 22.7. The Morgan fingerprint density at radius 1 is 0.986 bits per heavy atom. The molecule has 0 bridgehead atoms. The van der Waals surface area contributed by atoms with Gasteiger partial charge in [-0.2, -0.15) is 10.2 Å². The lowest BCUT2D eigenvalue weighted by atomic mass is 9.80. The van der Waals surface area contributed by atoms with E-state index in [1.54, 1.807) is 32.6 Å². The van der Waals surface area contributed by atoms with E-state index in [9.17, 15) is 24.3 Å². The lowest BCUT2D eigenvalue weighted by Crippen LogP contribution is -2.42. The molecule has 3 aromatic carbocycles. The molecule has 5 heterocycles. The average Bonchev–Trinajstić information content (AvgIpc) is 4.05. The third-order valence-electron chi connectivity index (χ3n) is 11.5. The van der Waals surface area contributed by atoms with Crippen molar-refractivity contribution in [3.05, 3.63) is 131 Å². The van der Waals surface area contributed by atoms with Gasteiger partial charge in [-0.25, -0.2) is 28.7 Å². The third kappa shape index (κ3) is 11.3. The van der Waals surface area contributed by atoms with Gasteiger partial charge in [-0.1, -0.05) is 68.4 Å². The number of nitriles is 1. The van der Waals surface area contributed by atoms with E-state index in [-0.39, 0.29) is 49.9 Å². The van der Waals surface area contributed by atoms with Crippen LogP contribution < -0.4 is 20.3 Å². The number of aromatic nitrogens is 8. The van der Waals surface area contributed by atoms with E-state index in [0.29, 0.717) is 28.5 Å². The van der Waals surface area contributed by atoms with Crippen molar-refractivity contribution in [3.63, 3.8) is 0 Å². The Hall–Kier alpha value is -6.55. The number of H-pyrrole nitrogens is 1. The summed E-state index contributed by atoms with van der Waals surface area (Å²) in [6.07, 6.45) is -3.01. The van der Waals surface area contributed by atoms with E-state index >= 15 is 8.78 Å². The number of nitrogens with one attached hydrogen (secondary N) is 2. The minimum Gasteiger partial charge on any atom is -0.497 e. The largest absolute Gasteiger partial charge is 0.695 e. The number of fused-ring (bicyclic) bond motifs is 2. The molecule has 8 rings (SSSR count). The summed E-state index contributed by atoms with van der Waals surface area (Å²) >= 11 is 5.73. The molecule has 7 aromatic rings. The molecule has 1 amide bonds. The van der Waals surface area contributed by atoms with Gasteiger partial charge < -0.3 is 37.1 Å². The summed E-state index contributed by atoms with van der Waals surface area (Å²) in [6, 6.07) is 26.5. The second-order valence-electron chi connectivity index (χ2n) is 16.4. The van der Waals surface area contributed by atoms with Crippen molar-refractivity contribution >= 4 is 61.0 Å². The molecule has 73 heavy (non-hydrogen) atoms. The Labute approximate surface area is 420 Å². The van der Waals surface area contributed by atoms with Gasteiger partial charge in [-0.15, -0.1) is 9.42 Å². The fourth-order valence-corrected chi connectivity index (χ4v) is 10.2. The molecule has 5 atom stereocenters. The number of methoxy groups -OCH3 is 2. The molecule has 1 fully saturated rings. The van der Waals surface area contributed by atoms with Crippen LogP contribution in [0.2, 0.25) is 0 Å². The van der Waals surface area contributed by atoms with Crippen LogP contribution in [-0.4, -0.2) is 102 Å². The summed E-state index contributed by atoms with van der Waals surface area (Å²) in [4.78, 5) is 59.1. The molecule has 22 nitrogen and oxygen atoms in total. The Bertz CT molecular complexity index is 3190. The summed E-state index contributed by atoms with van der Waals surface area (Å²) in [5.74, 6) is -3.78. The number of anilines is 1. The van der Waals surface area contributed by atoms with Gasteiger partial charge in [0.15, 0.2) is 29.1 Å². The maximum absolute atomic E-state index is 16.4. The number of hydrogen-bond donors (Lipinski definition) is 3. The number of ether oxygens (including phenoxy) is 4. The predicted octanol–water partition coefficient (Wildman–Crippen LogP) is 6.84. The highest BCUT2D eigenvalue weighted by atomic mass is 32.5. The molecule has 1 aliphatic heterocycles. The molecule has 0 radical (unpaired) electrons. The first-order chi connectivity index (χ1) is 35.1. The van der Waals surface area contributed by atoms with Gasteiger partial charge in [-0.3, -0.25) is 24.5 Å². The first-order valence-corrected chi connectivity index (χ1v) is 26.0. The van der Waals surface area contributed by atoms with Crippen LogP contribution in [0, 0.1) is 17.2 Å². The van der Waals surface area contributed by atoms with Crippen LogP contribution in [-0.2, 0) is 67.5 Å². The Kier molecular flexibility index (Phi) is 16.4. The molecule has 2 unspecified atom stereocenters. The van der Waals surface area contributed by atoms with Crippen molar-refractivity contribution < 1.29 is 60.1 Å². The molecule has 0 saturated carbocycles. The first kappa shape index (κ1) is 52.8. The zero-order chi connectivity index (χ0) is 51.9. The van der Waals surface area contributed by atoms with Crippen molar-refractivity contribution in [2.24, 2.45) is 5.92 Å². The predicted molar refractivity (Wildman–Crippen MR) is 260 cm³/mol. The van der Waals surface area contributed by atoms with Crippen LogP contribution >= 0.6 is 15.0 Å². The second-order valence-corrected chi connectivity index (χ2v) is 20.1. The number of benzene rings is 3. The number of carbonyl (C=O) groups is 1. The summed E-state index contributed by atoms with van der Waals surface area (Å²) in [7, 11) is -0.500. The monoisotopic (exact) mass is 1060 g/mol. The van der Waals surface area contributed by atoms with E-state index in [0.717, 1.165) is 27.6 Å². The quantitative estimate of drug-likeness (QED) is 0.0336. The average molecular weight is 1060 g/mol. The molecular formula is C46H47F2N10O12P2S+. The number of amides is 1. The molecule has 27 heteroatoms. The van der Waals surface area contributed by atoms with Crippen molar-refractivity contribution in [2.45, 2.75) is 63.4 Å². The highest BCUT2D eigenvalue weighted by Crippen LogP contribution is 2.53. The van der Waals surface area contributed by atoms with Crippen molar-refractivity contribution in [1.82, 2.24) is 39.0 Å². The number of rotatable bonds is 23. The van der Waals surface area contributed by atoms with Crippen molar-refractivity contribution in [1.29, 1.82) is 5.26 Å². The van der Waals surface area contributed by atoms with Gasteiger partial charge in [0.1, 0.15) is 41.4 Å². The lowest BCUT2D eigenvalue weighted by Gasteiger charge is -2.36. The van der Waals surface area contributed by atoms with Crippen molar-refractivity contribution in [2.75, 3.05) is 39.4 Å². The number of alkyl halides is 2. The van der Waals surface area contributed by atoms with Crippen molar-refractivity contribution in [3.8, 4) is 17.6 Å². The summed E-state index contributed by atoms with van der Waals surface area (Å²) in [5.41, 5.74) is 0.419. The standard InChI is InChI=1S/C46H46F2N10O12P2S/c1-28(2)41(59)55-44-54-40-37(42(60)56-44)52-27-58(40)43-38(70-71(61)62)46(47,48)35(69-43)24-68-72(73,66-21-8-19-49)67-22-20-57-36(53-34-23-50-26-51-39(34)57)25-65-45(29-9-6-5-7-10-29,30-11-15-32(63-3)16-12-30)31-13-17-33(64-4)18-14-31/h5-7,9-18,23,26-28,35,38,43H,8,20-22,24-25H2,1-4H3,(H2-,54,55,56,59,60,61,62)/p+1/t35-,38+,43-,72?/m1/s1. The zero-order valence-corrected chi connectivity index (χ0v) is 42.0. The lowest BCUT2D eigenvalue weighted by molar-refractivity contribution is -0.119. The topological polar surface area (TPSA) is 271 Å². The summed E-state index contributed by atoms with van der Waals surface area (Å²) < 4.78 is 93.9. The molecule has 3 N–H and O–H groups in total. The summed E-state index contributed by atoms with van der Waals surface area (Å²) in [6.45, 7) is -2.58. The van der Waals surface area contributed by atoms with E-state index < -0.39 is 68.9 Å². The molecule has 382 valence electrons. The molecule has 4 aromatic heterocycles. The number of carbonyl (C=O) groups excluding carboxylic acids is 1. The highest BCUT2D eigenvalue weighted by molar-refractivity contribution is 8.07. The maximum Gasteiger partial charge on any atom is 0.695 e. The first-order valence-electron chi connectivity index (χ1n) is 22.3. The zero-order valence-electron chi connectivity index (χ0n) is 39.4. The van der Waals surface area contributed by atoms with E-state index in [2.05, 4.69) is 30.2 Å². The molecular weight excluding hydrogens is 1020 g/mol. The van der Waals surface area contributed by atoms with E-state index in [1.165, 1.54) is 12.5 Å². The van der Waals surface area contributed by atoms with Crippen LogP contribution in [0.4, 0.5) is 14.7 Å². The maximum atomic E-state index is 16.4. The SMILES string of the molecule is COc1ccc(C(OCc2nc3cncnc3n2CCOP(=S)(OCCC#N)OC[C@H]2O[C@@H](n3cnc4c(=O)[nH]c(NC(=O)C(C)C)nc43)[C@H](O[P+](=O)O)C2(F)F)(c2ccccc2)c2ccc(OC)cc2)cc1. The van der Waals surface area contributed by atoms with Crippen LogP contribution in [0.15, 0.2) is 103 Å². The molecule has 1 saturated heterocycles. The number of hydrogen-bond acceptors (Lipinski definition) is 18. The third-order valence-corrected chi connectivity index (χ3v) is 14.4. The summed E-state index contributed by atoms with van der Waals surface area (Å²) in [5, 5.41) is 11.8. The van der Waals surface area contributed by atoms with Crippen LogP contribution in [0.1, 0.15) is 49.0 Å². The normalized spacial score (nSPS) is 17.6. The van der Waals surface area contributed by atoms with Gasteiger partial charge in [0.2, 0.25) is 18.0 Å². The molecule has 1 aliphatic rings. The number of imidazole rings is 2. The fraction of sp³-hybridized carbons (Fsp3) is 0.348. The number of halogens is 2. The Balaban J connectivity index is 1.06. The van der Waals surface area contributed by atoms with E-state index in [1.807, 2.05) is 84.9 Å². The van der Waals surface area contributed by atoms with Gasteiger partial charge in [-0.05, 0) is 52.8 Å². The minimum atomic E-state index is -4.09.